The zero-order valence-corrected chi connectivity index (χ0v) is 17.1. The Bertz CT molecular complexity index is 583. The van der Waals surface area contributed by atoms with Crippen LogP contribution in [0.15, 0.2) is 24.3 Å². The minimum absolute atomic E-state index is 0. The summed E-state index contributed by atoms with van der Waals surface area (Å²) < 4.78 is 0. The SMILES string of the molecule is Cc1ccc(NC(=O)CSC(C)C(=O)NC2CCCCC2CN)cc1.Cl. The van der Waals surface area contributed by atoms with Crippen LogP contribution in [0.25, 0.3) is 0 Å². The molecule has 26 heavy (non-hydrogen) atoms. The molecule has 1 aliphatic carbocycles. The van der Waals surface area contributed by atoms with Gasteiger partial charge in [0.2, 0.25) is 11.8 Å². The fourth-order valence-electron chi connectivity index (χ4n) is 3.09. The van der Waals surface area contributed by atoms with E-state index in [4.69, 9.17) is 5.73 Å². The van der Waals surface area contributed by atoms with Gasteiger partial charge in [-0.15, -0.1) is 24.2 Å². The van der Waals surface area contributed by atoms with E-state index in [2.05, 4.69) is 10.6 Å². The Kier molecular flexibility index (Phi) is 10.1. The second kappa shape index (κ2) is 11.5. The van der Waals surface area contributed by atoms with Gasteiger partial charge in [0.25, 0.3) is 0 Å². The summed E-state index contributed by atoms with van der Waals surface area (Å²) in [4.78, 5) is 24.4. The zero-order valence-electron chi connectivity index (χ0n) is 15.5. The molecule has 0 aromatic heterocycles. The second-order valence-electron chi connectivity index (χ2n) is 6.76. The molecule has 3 unspecified atom stereocenters. The average Bonchev–Trinajstić information content (AvgIpc) is 2.62. The lowest BCUT2D eigenvalue weighted by atomic mass is 9.84. The standard InChI is InChI=1S/C19H29N3O2S.ClH/c1-13-7-9-16(10-8-13)21-18(23)12-25-14(2)19(24)22-17-6-4-3-5-15(17)11-20;/h7-10,14-15,17H,3-6,11-12,20H2,1-2H3,(H,21,23)(H,22,24);1H. The molecule has 0 radical (unpaired) electrons. The number of thioether (sulfide) groups is 1. The first-order valence-corrected chi connectivity index (χ1v) is 10.0. The molecule has 2 amide bonds. The maximum atomic E-state index is 12.4. The molecule has 1 fully saturated rings. The molecule has 0 spiro atoms. The van der Waals surface area contributed by atoms with Gasteiger partial charge < -0.3 is 16.4 Å². The molecule has 1 aliphatic rings. The van der Waals surface area contributed by atoms with Crippen molar-refractivity contribution in [2.75, 3.05) is 17.6 Å². The number of nitrogens with one attached hydrogen (secondary N) is 2. The normalized spacial score (nSPS) is 20.6. The number of rotatable bonds is 7. The number of anilines is 1. The molecule has 0 heterocycles. The van der Waals surface area contributed by atoms with Gasteiger partial charge >= 0.3 is 0 Å². The third kappa shape index (κ3) is 7.17. The van der Waals surface area contributed by atoms with Crippen LogP contribution in [0, 0.1) is 12.8 Å². The van der Waals surface area contributed by atoms with E-state index in [1.54, 1.807) is 0 Å². The summed E-state index contributed by atoms with van der Waals surface area (Å²) in [6.07, 6.45) is 4.42. The summed E-state index contributed by atoms with van der Waals surface area (Å²) in [6, 6.07) is 7.85. The van der Waals surface area contributed by atoms with Crippen LogP contribution in [-0.2, 0) is 9.59 Å². The lowest BCUT2D eigenvalue weighted by molar-refractivity contribution is -0.121. The Labute approximate surface area is 166 Å². The molecule has 7 heteroatoms. The molecule has 3 atom stereocenters. The van der Waals surface area contributed by atoms with Crippen LogP contribution in [0.4, 0.5) is 5.69 Å². The van der Waals surface area contributed by atoms with Crippen LogP contribution in [0.2, 0.25) is 0 Å². The van der Waals surface area contributed by atoms with Crippen LogP contribution in [-0.4, -0.2) is 35.4 Å². The lowest BCUT2D eigenvalue weighted by Crippen LogP contribution is -2.47. The van der Waals surface area contributed by atoms with Crippen LogP contribution >= 0.6 is 24.2 Å². The number of hydrogen-bond donors (Lipinski definition) is 3. The van der Waals surface area contributed by atoms with E-state index in [0.29, 0.717) is 12.5 Å². The topological polar surface area (TPSA) is 84.2 Å². The number of carbonyl (C=O) groups excluding carboxylic acids is 2. The highest BCUT2D eigenvalue weighted by Crippen LogP contribution is 2.24. The van der Waals surface area contributed by atoms with Crippen molar-refractivity contribution >= 4 is 41.7 Å². The number of nitrogens with two attached hydrogens (primary N) is 1. The smallest absolute Gasteiger partial charge is 0.234 e. The number of amides is 2. The zero-order chi connectivity index (χ0) is 18.2. The van der Waals surface area contributed by atoms with Crippen molar-refractivity contribution < 1.29 is 9.59 Å². The molecule has 1 saturated carbocycles. The summed E-state index contributed by atoms with van der Waals surface area (Å²) in [5.74, 6) is 0.539. The Balaban J connectivity index is 0.00000338. The maximum Gasteiger partial charge on any atom is 0.234 e. The van der Waals surface area contributed by atoms with Crippen molar-refractivity contribution in [1.29, 1.82) is 0 Å². The second-order valence-corrected chi connectivity index (χ2v) is 8.09. The number of aryl methyl sites for hydroxylation is 1. The average molecular weight is 400 g/mol. The highest BCUT2D eigenvalue weighted by molar-refractivity contribution is 8.01. The predicted molar refractivity (Wildman–Crippen MR) is 112 cm³/mol. The highest BCUT2D eigenvalue weighted by atomic mass is 35.5. The van der Waals surface area contributed by atoms with Gasteiger partial charge in [-0.05, 0) is 51.3 Å². The lowest BCUT2D eigenvalue weighted by Gasteiger charge is -2.32. The molecular weight excluding hydrogens is 370 g/mol. The van der Waals surface area contributed by atoms with Gasteiger partial charge in [-0.25, -0.2) is 0 Å². The molecule has 4 N–H and O–H groups in total. The van der Waals surface area contributed by atoms with Crippen molar-refractivity contribution in [2.24, 2.45) is 11.7 Å². The Morgan fingerprint density at radius 2 is 1.88 bits per heavy atom. The van der Waals surface area contributed by atoms with E-state index in [1.807, 2.05) is 38.1 Å². The minimum Gasteiger partial charge on any atom is -0.352 e. The first-order valence-electron chi connectivity index (χ1n) is 8.98. The Morgan fingerprint density at radius 3 is 2.54 bits per heavy atom. The van der Waals surface area contributed by atoms with Crippen molar-refractivity contribution in [3.63, 3.8) is 0 Å². The van der Waals surface area contributed by atoms with E-state index < -0.39 is 0 Å². The van der Waals surface area contributed by atoms with E-state index in [0.717, 1.165) is 30.5 Å². The molecular formula is C19H30ClN3O2S. The Hall–Kier alpha value is -1.24. The van der Waals surface area contributed by atoms with Crippen molar-refractivity contribution in [1.82, 2.24) is 5.32 Å². The van der Waals surface area contributed by atoms with Crippen molar-refractivity contribution in [3.8, 4) is 0 Å². The third-order valence-corrected chi connectivity index (χ3v) is 5.85. The molecule has 0 aliphatic heterocycles. The largest absolute Gasteiger partial charge is 0.352 e. The van der Waals surface area contributed by atoms with E-state index in [-0.39, 0.29) is 41.3 Å². The number of benzene rings is 1. The van der Waals surface area contributed by atoms with Gasteiger partial charge in [-0.2, -0.15) is 0 Å². The molecule has 1 aromatic rings. The quantitative estimate of drug-likeness (QED) is 0.657. The summed E-state index contributed by atoms with van der Waals surface area (Å²) in [5, 5.41) is 5.72. The summed E-state index contributed by atoms with van der Waals surface area (Å²) in [6.45, 7) is 4.47. The van der Waals surface area contributed by atoms with Gasteiger partial charge in [-0.1, -0.05) is 30.5 Å². The number of hydrogen-bond acceptors (Lipinski definition) is 4. The van der Waals surface area contributed by atoms with Gasteiger partial charge in [0, 0.05) is 11.7 Å². The van der Waals surface area contributed by atoms with Gasteiger partial charge in [0.05, 0.1) is 11.0 Å². The molecule has 0 bridgehead atoms. The minimum atomic E-state index is -0.260. The first-order chi connectivity index (χ1) is 12.0. The molecule has 146 valence electrons. The van der Waals surface area contributed by atoms with E-state index in [9.17, 15) is 9.59 Å². The van der Waals surface area contributed by atoms with Crippen LogP contribution in [0.1, 0.15) is 38.2 Å². The number of carbonyl (C=O) groups is 2. The molecule has 2 rings (SSSR count). The van der Waals surface area contributed by atoms with Crippen LogP contribution in [0.3, 0.4) is 0 Å². The maximum absolute atomic E-state index is 12.4. The predicted octanol–water partition coefficient (Wildman–Crippen LogP) is 3.11. The molecule has 5 nitrogen and oxygen atoms in total. The first kappa shape index (κ1) is 22.8. The van der Waals surface area contributed by atoms with Crippen molar-refractivity contribution in [3.05, 3.63) is 29.8 Å². The van der Waals surface area contributed by atoms with Crippen LogP contribution in [0.5, 0.6) is 0 Å². The highest BCUT2D eigenvalue weighted by Gasteiger charge is 2.27. The van der Waals surface area contributed by atoms with E-state index in [1.165, 1.54) is 18.2 Å². The van der Waals surface area contributed by atoms with Gasteiger partial charge in [0.15, 0.2) is 0 Å². The fourth-order valence-corrected chi connectivity index (χ4v) is 3.78. The fraction of sp³-hybridized carbons (Fsp3) is 0.579. The van der Waals surface area contributed by atoms with Crippen LogP contribution < -0.4 is 16.4 Å². The Morgan fingerprint density at radius 1 is 1.23 bits per heavy atom. The van der Waals surface area contributed by atoms with Gasteiger partial charge in [-0.3, -0.25) is 9.59 Å². The summed E-state index contributed by atoms with van der Waals surface area (Å²) in [7, 11) is 0. The summed E-state index contributed by atoms with van der Waals surface area (Å²) in [5.41, 5.74) is 7.75. The monoisotopic (exact) mass is 399 g/mol. The van der Waals surface area contributed by atoms with E-state index >= 15 is 0 Å². The number of halogens is 1. The third-order valence-electron chi connectivity index (χ3n) is 4.71. The van der Waals surface area contributed by atoms with Gasteiger partial charge in [0.1, 0.15) is 0 Å². The molecule has 0 saturated heterocycles. The van der Waals surface area contributed by atoms with Crippen molar-refractivity contribution in [2.45, 2.75) is 50.8 Å². The molecule has 1 aromatic carbocycles. The summed E-state index contributed by atoms with van der Waals surface area (Å²) >= 11 is 1.36.